The van der Waals surface area contributed by atoms with Crippen LogP contribution in [-0.2, 0) is 4.79 Å². The van der Waals surface area contributed by atoms with Crippen LogP contribution in [0, 0.1) is 5.82 Å². The fourth-order valence-corrected chi connectivity index (χ4v) is 3.27. The Hall–Kier alpha value is -2.98. The molecule has 166 valence electrons. The van der Waals surface area contributed by atoms with Crippen molar-refractivity contribution in [2.24, 2.45) is 0 Å². The molecule has 31 heavy (non-hydrogen) atoms. The second-order valence-corrected chi connectivity index (χ2v) is 7.22. The van der Waals surface area contributed by atoms with Crippen molar-refractivity contribution < 1.29 is 27.2 Å². The molecule has 3 rings (SSSR count). The average molecular weight is 438 g/mol. The molecule has 0 saturated carbocycles. The van der Waals surface area contributed by atoms with Gasteiger partial charge < -0.3 is 10.6 Å². The van der Waals surface area contributed by atoms with Crippen LogP contribution in [-0.4, -0.2) is 67.1 Å². The van der Waals surface area contributed by atoms with E-state index in [1.165, 1.54) is 29.2 Å². The minimum absolute atomic E-state index is 0.00771. The molecular formula is C21H22F4N4O2. The minimum atomic E-state index is -4.24. The first kappa shape index (κ1) is 22.7. The van der Waals surface area contributed by atoms with Gasteiger partial charge in [-0.2, -0.15) is 13.2 Å². The number of hydrogen-bond donors (Lipinski definition) is 2. The summed E-state index contributed by atoms with van der Waals surface area (Å²) in [7, 11) is 0. The number of nitrogens with zero attached hydrogens (tertiary/aromatic N) is 2. The number of para-hydroxylation sites is 1. The molecule has 0 aromatic heterocycles. The zero-order chi connectivity index (χ0) is 22.4. The highest BCUT2D eigenvalue weighted by molar-refractivity contribution is 6.10. The molecule has 1 aliphatic rings. The molecule has 0 atom stereocenters. The highest BCUT2D eigenvalue weighted by Crippen LogP contribution is 2.19. The standard InChI is InChI=1S/C21H22F4N4O2/c22-15-5-7-16(8-6-15)26-20(31)17-3-1-2-4-18(17)27-19(30)13-28-9-11-29(12-10-28)14-21(23,24)25/h1-8H,9-14H2,(H,26,31)(H,27,30). The fraction of sp³-hybridized carbons (Fsp3) is 0.333. The first-order valence-corrected chi connectivity index (χ1v) is 9.67. The van der Waals surface area contributed by atoms with Crippen molar-refractivity contribution in [1.29, 1.82) is 0 Å². The van der Waals surface area contributed by atoms with E-state index in [1.54, 1.807) is 29.2 Å². The molecule has 0 spiro atoms. The molecule has 6 nitrogen and oxygen atoms in total. The lowest BCUT2D eigenvalue weighted by molar-refractivity contribution is -0.149. The summed E-state index contributed by atoms with van der Waals surface area (Å²) in [6.07, 6.45) is -4.24. The van der Waals surface area contributed by atoms with Gasteiger partial charge in [0.25, 0.3) is 5.91 Å². The molecular weight excluding hydrogens is 416 g/mol. The van der Waals surface area contributed by atoms with Gasteiger partial charge in [-0.1, -0.05) is 12.1 Å². The molecule has 0 radical (unpaired) electrons. The van der Waals surface area contributed by atoms with Gasteiger partial charge in [-0.05, 0) is 36.4 Å². The molecule has 0 unspecified atom stereocenters. The Balaban J connectivity index is 1.55. The summed E-state index contributed by atoms with van der Waals surface area (Å²) >= 11 is 0. The number of carbonyl (C=O) groups excluding carboxylic acids is 2. The summed E-state index contributed by atoms with van der Waals surface area (Å²) in [5, 5.41) is 5.33. The molecule has 10 heteroatoms. The van der Waals surface area contributed by atoms with E-state index in [-0.39, 0.29) is 31.1 Å². The predicted molar refractivity (Wildman–Crippen MR) is 108 cm³/mol. The van der Waals surface area contributed by atoms with Gasteiger partial charge >= 0.3 is 6.18 Å². The van der Waals surface area contributed by atoms with Crippen LogP contribution in [0.5, 0.6) is 0 Å². The van der Waals surface area contributed by atoms with Gasteiger partial charge in [0.2, 0.25) is 5.91 Å². The summed E-state index contributed by atoms with van der Waals surface area (Å²) in [4.78, 5) is 28.1. The van der Waals surface area contributed by atoms with E-state index in [2.05, 4.69) is 10.6 Å². The molecule has 2 N–H and O–H groups in total. The van der Waals surface area contributed by atoms with E-state index < -0.39 is 24.4 Å². The summed E-state index contributed by atoms with van der Waals surface area (Å²) in [6, 6.07) is 11.7. The van der Waals surface area contributed by atoms with E-state index in [1.807, 2.05) is 0 Å². The van der Waals surface area contributed by atoms with Gasteiger partial charge in [-0.15, -0.1) is 0 Å². The predicted octanol–water partition coefficient (Wildman–Crippen LogP) is 3.20. The van der Waals surface area contributed by atoms with E-state index in [4.69, 9.17) is 0 Å². The van der Waals surface area contributed by atoms with Crippen molar-refractivity contribution in [2.45, 2.75) is 6.18 Å². The van der Waals surface area contributed by atoms with Crippen LogP contribution in [0.4, 0.5) is 28.9 Å². The number of benzene rings is 2. The number of halogens is 4. The third kappa shape index (κ3) is 7.04. The van der Waals surface area contributed by atoms with Crippen LogP contribution >= 0.6 is 0 Å². The van der Waals surface area contributed by atoms with Crippen molar-refractivity contribution >= 4 is 23.2 Å². The normalized spacial score (nSPS) is 15.5. The molecule has 1 heterocycles. The zero-order valence-electron chi connectivity index (χ0n) is 16.6. The molecule has 2 aromatic rings. The maximum atomic E-state index is 13.0. The largest absolute Gasteiger partial charge is 0.401 e. The molecule has 0 bridgehead atoms. The molecule has 0 aliphatic carbocycles. The quantitative estimate of drug-likeness (QED) is 0.680. The van der Waals surface area contributed by atoms with Gasteiger partial charge in [0, 0.05) is 31.9 Å². The summed E-state index contributed by atoms with van der Waals surface area (Å²) in [5.41, 5.74) is 0.947. The summed E-state index contributed by atoms with van der Waals surface area (Å²) in [5.74, 6) is -1.26. The van der Waals surface area contributed by atoms with Gasteiger partial charge in [-0.3, -0.25) is 19.4 Å². The Morgan fingerprint density at radius 3 is 2.13 bits per heavy atom. The number of piperazine rings is 1. The molecule has 2 aromatic carbocycles. The fourth-order valence-electron chi connectivity index (χ4n) is 3.27. The van der Waals surface area contributed by atoms with Crippen LogP contribution in [0.1, 0.15) is 10.4 Å². The molecule has 1 aliphatic heterocycles. The van der Waals surface area contributed by atoms with Crippen LogP contribution in [0.3, 0.4) is 0 Å². The Kier molecular flexibility index (Phi) is 7.24. The Morgan fingerprint density at radius 2 is 1.48 bits per heavy atom. The van der Waals surface area contributed by atoms with Gasteiger partial charge in [0.15, 0.2) is 0 Å². The topological polar surface area (TPSA) is 64.7 Å². The van der Waals surface area contributed by atoms with E-state index in [0.29, 0.717) is 24.5 Å². The molecule has 2 amide bonds. The Bertz CT molecular complexity index is 910. The zero-order valence-corrected chi connectivity index (χ0v) is 16.6. The van der Waals surface area contributed by atoms with Crippen molar-refractivity contribution in [1.82, 2.24) is 9.80 Å². The third-order valence-electron chi connectivity index (χ3n) is 4.78. The van der Waals surface area contributed by atoms with Gasteiger partial charge in [0.1, 0.15) is 5.82 Å². The van der Waals surface area contributed by atoms with Crippen LogP contribution in [0.25, 0.3) is 0 Å². The Labute approximate surface area is 176 Å². The number of rotatable bonds is 6. The molecule has 1 fully saturated rings. The van der Waals surface area contributed by atoms with E-state index in [9.17, 15) is 27.2 Å². The monoisotopic (exact) mass is 438 g/mol. The highest BCUT2D eigenvalue weighted by atomic mass is 19.4. The number of hydrogen-bond acceptors (Lipinski definition) is 4. The van der Waals surface area contributed by atoms with Gasteiger partial charge in [0.05, 0.1) is 24.3 Å². The first-order valence-electron chi connectivity index (χ1n) is 9.67. The summed E-state index contributed by atoms with van der Waals surface area (Å²) < 4.78 is 50.5. The van der Waals surface area contributed by atoms with Crippen molar-refractivity contribution in [2.75, 3.05) is 49.9 Å². The van der Waals surface area contributed by atoms with E-state index in [0.717, 1.165) is 0 Å². The van der Waals surface area contributed by atoms with Crippen molar-refractivity contribution in [3.05, 3.63) is 59.9 Å². The lowest BCUT2D eigenvalue weighted by Crippen LogP contribution is -2.50. The number of amides is 2. The van der Waals surface area contributed by atoms with Crippen molar-refractivity contribution in [3.8, 4) is 0 Å². The average Bonchev–Trinajstić information content (AvgIpc) is 2.70. The maximum Gasteiger partial charge on any atom is 0.401 e. The number of nitrogens with one attached hydrogen (secondary N) is 2. The van der Waals surface area contributed by atoms with Gasteiger partial charge in [-0.25, -0.2) is 4.39 Å². The number of alkyl halides is 3. The second kappa shape index (κ2) is 9.88. The molecule has 1 saturated heterocycles. The summed E-state index contributed by atoms with van der Waals surface area (Å²) in [6.45, 7) is 0.191. The number of carbonyl (C=O) groups is 2. The first-order chi connectivity index (χ1) is 14.7. The lowest BCUT2D eigenvalue weighted by Gasteiger charge is -2.34. The van der Waals surface area contributed by atoms with Crippen LogP contribution < -0.4 is 10.6 Å². The minimum Gasteiger partial charge on any atom is -0.324 e. The van der Waals surface area contributed by atoms with E-state index >= 15 is 0 Å². The van der Waals surface area contributed by atoms with Crippen LogP contribution in [0.2, 0.25) is 0 Å². The Morgan fingerprint density at radius 1 is 0.871 bits per heavy atom. The SMILES string of the molecule is O=C(CN1CCN(CC(F)(F)F)CC1)Nc1ccccc1C(=O)Nc1ccc(F)cc1. The number of anilines is 2. The van der Waals surface area contributed by atoms with Crippen molar-refractivity contribution in [3.63, 3.8) is 0 Å². The highest BCUT2D eigenvalue weighted by Gasteiger charge is 2.32. The third-order valence-corrected chi connectivity index (χ3v) is 4.78. The smallest absolute Gasteiger partial charge is 0.324 e. The second-order valence-electron chi connectivity index (χ2n) is 7.22. The maximum absolute atomic E-state index is 13.0. The van der Waals surface area contributed by atoms with Crippen LogP contribution in [0.15, 0.2) is 48.5 Å². The lowest BCUT2D eigenvalue weighted by atomic mass is 10.1.